The van der Waals surface area contributed by atoms with E-state index in [4.69, 9.17) is 0 Å². The molecule has 1 aliphatic rings. The lowest BCUT2D eigenvalue weighted by molar-refractivity contribution is -0.140. The molecule has 0 aliphatic heterocycles. The van der Waals surface area contributed by atoms with Crippen molar-refractivity contribution in [3.05, 3.63) is 71.3 Å². The van der Waals surface area contributed by atoms with Gasteiger partial charge in [0, 0.05) is 19.0 Å². The Labute approximate surface area is 199 Å². The molecule has 0 radical (unpaired) electrons. The van der Waals surface area contributed by atoms with Crippen molar-refractivity contribution in [2.45, 2.75) is 90.1 Å². The van der Waals surface area contributed by atoms with Gasteiger partial charge in [0.05, 0.1) is 0 Å². The summed E-state index contributed by atoms with van der Waals surface area (Å²) in [5, 5.41) is 3.21. The van der Waals surface area contributed by atoms with Gasteiger partial charge >= 0.3 is 0 Å². The quantitative estimate of drug-likeness (QED) is 0.510. The van der Waals surface area contributed by atoms with Crippen molar-refractivity contribution >= 4 is 11.8 Å². The van der Waals surface area contributed by atoms with E-state index < -0.39 is 6.04 Å². The van der Waals surface area contributed by atoms with Gasteiger partial charge in [0.1, 0.15) is 6.04 Å². The number of carbonyl (C=O) groups excluding carboxylic acids is 2. The van der Waals surface area contributed by atoms with E-state index in [2.05, 4.69) is 55.6 Å². The van der Waals surface area contributed by atoms with Crippen LogP contribution in [-0.4, -0.2) is 35.3 Å². The Morgan fingerprint density at radius 1 is 0.879 bits per heavy atom. The van der Waals surface area contributed by atoms with Gasteiger partial charge in [0.25, 0.3) is 0 Å². The second kappa shape index (κ2) is 12.6. The third-order valence-electron chi connectivity index (χ3n) is 6.88. The zero-order chi connectivity index (χ0) is 23.6. The maximum atomic E-state index is 13.3. The Bertz CT molecular complexity index is 870. The largest absolute Gasteiger partial charge is 0.352 e. The predicted molar refractivity (Wildman–Crippen MR) is 135 cm³/mol. The number of carbonyl (C=O) groups is 2. The highest BCUT2D eigenvalue weighted by atomic mass is 16.2. The molecule has 0 aromatic heterocycles. The van der Waals surface area contributed by atoms with Crippen molar-refractivity contribution in [3.8, 4) is 0 Å². The zero-order valence-corrected chi connectivity index (χ0v) is 20.6. The van der Waals surface area contributed by atoms with Gasteiger partial charge in [-0.25, -0.2) is 0 Å². The van der Waals surface area contributed by atoms with Gasteiger partial charge in [0.2, 0.25) is 11.8 Å². The van der Waals surface area contributed by atoms with Crippen LogP contribution in [0.5, 0.6) is 0 Å². The fourth-order valence-electron chi connectivity index (χ4n) is 4.60. The molecule has 33 heavy (non-hydrogen) atoms. The Kier molecular flexibility index (Phi) is 9.53. The maximum Gasteiger partial charge on any atom is 0.242 e. The molecule has 2 aromatic rings. The van der Waals surface area contributed by atoms with Crippen LogP contribution in [0.25, 0.3) is 0 Å². The topological polar surface area (TPSA) is 49.4 Å². The van der Waals surface area contributed by atoms with E-state index in [1.807, 2.05) is 25.1 Å². The second-order valence-electron chi connectivity index (χ2n) is 9.74. The molecule has 2 amide bonds. The molecule has 0 heterocycles. The minimum Gasteiger partial charge on any atom is -0.352 e. The van der Waals surface area contributed by atoms with Crippen LogP contribution in [0.4, 0.5) is 0 Å². The minimum absolute atomic E-state index is 0.0235. The van der Waals surface area contributed by atoms with E-state index >= 15 is 0 Å². The standard InChI is InChI=1S/C29H40N2O2/c1-22(2)26-17-14-25(15-18-26)16-19-28(32)31(21-20-24-10-6-4-7-11-24)23(3)29(33)30-27-12-8-5-9-13-27/h4,6-7,10-11,14-15,17-18,22-23,27H,5,8-9,12-13,16,19-21H2,1-3H3,(H,30,33)/t23-/m0/s1. The van der Waals surface area contributed by atoms with Gasteiger partial charge in [-0.2, -0.15) is 0 Å². The molecule has 1 saturated carbocycles. The van der Waals surface area contributed by atoms with E-state index in [-0.39, 0.29) is 17.9 Å². The van der Waals surface area contributed by atoms with Crippen LogP contribution in [0.3, 0.4) is 0 Å². The molecular formula is C29H40N2O2. The van der Waals surface area contributed by atoms with Crippen LogP contribution in [0.1, 0.15) is 81.9 Å². The summed E-state index contributed by atoms with van der Waals surface area (Å²) < 4.78 is 0. The molecule has 4 heteroatoms. The summed E-state index contributed by atoms with van der Waals surface area (Å²) in [4.78, 5) is 28.1. The van der Waals surface area contributed by atoms with E-state index in [0.717, 1.165) is 24.8 Å². The number of benzene rings is 2. The summed E-state index contributed by atoms with van der Waals surface area (Å²) in [6, 6.07) is 18.5. The molecule has 3 rings (SSSR count). The zero-order valence-electron chi connectivity index (χ0n) is 20.6. The van der Waals surface area contributed by atoms with Crippen molar-refractivity contribution in [3.63, 3.8) is 0 Å². The smallest absolute Gasteiger partial charge is 0.242 e. The molecule has 0 bridgehead atoms. The summed E-state index contributed by atoms with van der Waals surface area (Å²) >= 11 is 0. The molecule has 0 unspecified atom stereocenters. The molecule has 1 N–H and O–H groups in total. The third kappa shape index (κ3) is 7.73. The SMILES string of the molecule is CC(C)c1ccc(CCC(=O)N(CCc2ccccc2)[C@@H](C)C(=O)NC2CCCCC2)cc1. The normalized spacial score (nSPS) is 15.3. The maximum absolute atomic E-state index is 13.3. The van der Waals surface area contributed by atoms with E-state index in [1.165, 1.54) is 30.4 Å². The third-order valence-corrected chi connectivity index (χ3v) is 6.88. The molecular weight excluding hydrogens is 408 g/mol. The number of nitrogens with zero attached hydrogens (tertiary/aromatic N) is 1. The van der Waals surface area contributed by atoms with Crippen molar-refractivity contribution < 1.29 is 9.59 Å². The highest BCUT2D eigenvalue weighted by Crippen LogP contribution is 2.19. The van der Waals surface area contributed by atoms with Gasteiger partial charge < -0.3 is 10.2 Å². The lowest BCUT2D eigenvalue weighted by Gasteiger charge is -2.31. The number of hydrogen-bond acceptors (Lipinski definition) is 2. The second-order valence-corrected chi connectivity index (χ2v) is 9.74. The first-order valence-electron chi connectivity index (χ1n) is 12.7. The summed E-state index contributed by atoms with van der Waals surface area (Å²) in [6.45, 7) is 6.79. The first-order chi connectivity index (χ1) is 15.9. The monoisotopic (exact) mass is 448 g/mol. The van der Waals surface area contributed by atoms with Gasteiger partial charge in [0.15, 0.2) is 0 Å². The molecule has 1 atom stereocenters. The molecule has 178 valence electrons. The van der Waals surface area contributed by atoms with Crippen LogP contribution < -0.4 is 5.32 Å². The van der Waals surface area contributed by atoms with Crippen molar-refractivity contribution in [1.82, 2.24) is 10.2 Å². The summed E-state index contributed by atoms with van der Waals surface area (Å²) in [5.74, 6) is 0.521. The highest BCUT2D eigenvalue weighted by molar-refractivity contribution is 5.87. The van der Waals surface area contributed by atoms with Crippen molar-refractivity contribution in [1.29, 1.82) is 0 Å². The van der Waals surface area contributed by atoms with Crippen molar-refractivity contribution in [2.24, 2.45) is 0 Å². The summed E-state index contributed by atoms with van der Waals surface area (Å²) in [5.41, 5.74) is 3.65. The minimum atomic E-state index is -0.466. The first kappa shape index (κ1) is 25.0. The average molecular weight is 449 g/mol. The number of nitrogens with one attached hydrogen (secondary N) is 1. The van der Waals surface area contributed by atoms with Crippen molar-refractivity contribution in [2.75, 3.05) is 6.54 Å². The molecule has 0 saturated heterocycles. The average Bonchev–Trinajstić information content (AvgIpc) is 2.84. The Balaban J connectivity index is 1.63. The van der Waals surface area contributed by atoms with E-state index in [9.17, 15) is 9.59 Å². The lowest BCUT2D eigenvalue weighted by atomic mass is 9.95. The Hall–Kier alpha value is -2.62. The summed E-state index contributed by atoms with van der Waals surface area (Å²) in [6.07, 6.45) is 7.54. The van der Waals surface area contributed by atoms with E-state index in [0.29, 0.717) is 25.3 Å². The lowest BCUT2D eigenvalue weighted by Crippen LogP contribution is -2.51. The molecule has 1 aliphatic carbocycles. The Morgan fingerprint density at radius 3 is 2.15 bits per heavy atom. The van der Waals surface area contributed by atoms with Crippen LogP contribution in [0.2, 0.25) is 0 Å². The van der Waals surface area contributed by atoms with Gasteiger partial charge in [-0.3, -0.25) is 9.59 Å². The fourth-order valence-corrected chi connectivity index (χ4v) is 4.60. The number of amides is 2. The number of hydrogen-bond donors (Lipinski definition) is 1. The first-order valence-corrected chi connectivity index (χ1v) is 12.7. The van der Waals surface area contributed by atoms with Gasteiger partial charge in [-0.15, -0.1) is 0 Å². The van der Waals surface area contributed by atoms with Gasteiger partial charge in [-0.05, 0) is 55.2 Å². The Morgan fingerprint density at radius 2 is 1.52 bits per heavy atom. The van der Waals surface area contributed by atoms with Crippen LogP contribution in [-0.2, 0) is 22.4 Å². The number of rotatable bonds is 10. The predicted octanol–water partition coefficient (Wildman–Crippen LogP) is 5.65. The van der Waals surface area contributed by atoms with Crippen LogP contribution >= 0.6 is 0 Å². The van der Waals surface area contributed by atoms with Crippen LogP contribution in [0, 0.1) is 0 Å². The molecule has 2 aromatic carbocycles. The fraction of sp³-hybridized carbons (Fsp3) is 0.517. The van der Waals surface area contributed by atoms with Crippen LogP contribution in [0.15, 0.2) is 54.6 Å². The highest BCUT2D eigenvalue weighted by Gasteiger charge is 2.27. The summed E-state index contributed by atoms with van der Waals surface area (Å²) in [7, 11) is 0. The molecule has 1 fully saturated rings. The van der Waals surface area contributed by atoms with Gasteiger partial charge in [-0.1, -0.05) is 87.7 Å². The van der Waals surface area contributed by atoms with E-state index in [1.54, 1.807) is 4.90 Å². The molecule has 0 spiro atoms. The number of aryl methyl sites for hydroxylation is 1. The molecule has 4 nitrogen and oxygen atoms in total.